The molecule has 0 aliphatic carbocycles. The molecular weight excluding hydrogens is 214 g/mol. The number of carbonyl (C=O) groups is 1. The van der Waals surface area contributed by atoms with Crippen molar-refractivity contribution in [3.8, 4) is 0 Å². The first-order valence-corrected chi connectivity index (χ1v) is 5.51. The van der Waals surface area contributed by atoms with E-state index in [1.807, 2.05) is 20.0 Å². The van der Waals surface area contributed by atoms with E-state index in [1.54, 1.807) is 9.58 Å². The fourth-order valence-electron chi connectivity index (χ4n) is 1.66. The first-order valence-electron chi connectivity index (χ1n) is 4.97. The summed E-state index contributed by atoms with van der Waals surface area (Å²) in [6.07, 6.45) is 0. The van der Waals surface area contributed by atoms with Gasteiger partial charge in [-0.2, -0.15) is 5.10 Å². The maximum absolute atomic E-state index is 11.9. The Morgan fingerprint density at radius 1 is 1.67 bits per heavy atom. The molecule has 0 N–H and O–H groups in total. The molecule has 1 aliphatic rings. The minimum atomic E-state index is 0.0140. The second kappa shape index (κ2) is 3.85. The summed E-state index contributed by atoms with van der Waals surface area (Å²) in [7, 11) is 1.84. The molecule has 1 saturated heterocycles. The Bertz CT molecular complexity index is 363. The Morgan fingerprint density at radius 2 is 2.33 bits per heavy atom. The van der Waals surface area contributed by atoms with Gasteiger partial charge >= 0.3 is 0 Å². The average molecular weight is 228 g/mol. The molecule has 0 bridgehead atoms. The van der Waals surface area contributed by atoms with Crippen LogP contribution in [0.5, 0.6) is 0 Å². The van der Waals surface area contributed by atoms with E-state index in [4.69, 9.17) is 11.6 Å². The molecule has 2 heterocycles. The zero-order valence-corrected chi connectivity index (χ0v) is 9.66. The summed E-state index contributed by atoms with van der Waals surface area (Å²) in [6.45, 7) is 3.46. The standard InChI is InChI=1S/C10H14ClN3O/c1-7-3-9(12-13(7)2)10(15)14-5-8(4-11)6-14/h3,8H,4-6H2,1-2H3. The molecule has 2 rings (SSSR count). The van der Waals surface area contributed by atoms with Crippen molar-refractivity contribution in [3.63, 3.8) is 0 Å². The second-order valence-electron chi connectivity index (χ2n) is 4.03. The topological polar surface area (TPSA) is 38.1 Å². The zero-order valence-electron chi connectivity index (χ0n) is 8.90. The number of rotatable bonds is 2. The summed E-state index contributed by atoms with van der Waals surface area (Å²) < 4.78 is 1.71. The third kappa shape index (κ3) is 1.86. The van der Waals surface area contributed by atoms with E-state index >= 15 is 0 Å². The van der Waals surface area contributed by atoms with Crippen LogP contribution in [-0.2, 0) is 7.05 Å². The third-order valence-corrected chi connectivity index (χ3v) is 3.23. The minimum Gasteiger partial charge on any atom is -0.336 e. The fourth-order valence-corrected chi connectivity index (χ4v) is 1.86. The van der Waals surface area contributed by atoms with Crippen LogP contribution in [0.2, 0.25) is 0 Å². The monoisotopic (exact) mass is 227 g/mol. The van der Waals surface area contributed by atoms with Gasteiger partial charge in [-0.1, -0.05) is 0 Å². The van der Waals surface area contributed by atoms with Crippen LogP contribution >= 0.6 is 11.6 Å². The predicted molar refractivity (Wildman–Crippen MR) is 58.1 cm³/mol. The number of hydrogen-bond acceptors (Lipinski definition) is 2. The number of alkyl halides is 1. The SMILES string of the molecule is Cc1cc(C(=O)N2CC(CCl)C2)nn1C. The second-order valence-corrected chi connectivity index (χ2v) is 4.33. The van der Waals surface area contributed by atoms with Crippen molar-refractivity contribution in [1.82, 2.24) is 14.7 Å². The molecule has 0 saturated carbocycles. The van der Waals surface area contributed by atoms with E-state index in [9.17, 15) is 4.79 Å². The van der Waals surface area contributed by atoms with E-state index in [2.05, 4.69) is 5.10 Å². The van der Waals surface area contributed by atoms with Crippen molar-refractivity contribution in [3.05, 3.63) is 17.5 Å². The summed E-state index contributed by atoms with van der Waals surface area (Å²) in [4.78, 5) is 13.6. The largest absolute Gasteiger partial charge is 0.336 e. The number of likely N-dealkylation sites (tertiary alicyclic amines) is 1. The number of carbonyl (C=O) groups excluding carboxylic acids is 1. The number of amides is 1. The Labute approximate surface area is 93.8 Å². The lowest BCUT2D eigenvalue weighted by Crippen LogP contribution is -2.50. The lowest BCUT2D eigenvalue weighted by Gasteiger charge is -2.37. The molecule has 0 atom stereocenters. The lowest BCUT2D eigenvalue weighted by atomic mass is 10.0. The molecule has 0 radical (unpaired) electrons. The summed E-state index contributed by atoms with van der Waals surface area (Å²) in [5.41, 5.74) is 1.52. The van der Waals surface area contributed by atoms with Gasteiger partial charge in [0.1, 0.15) is 0 Å². The zero-order chi connectivity index (χ0) is 11.0. The molecule has 0 spiro atoms. The van der Waals surface area contributed by atoms with Crippen LogP contribution in [0.3, 0.4) is 0 Å². The number of aryl methyl sites for hydroxylation is 2. The number of aromatic nitrogens is 2. The maximum Gasteiger partial charge on any atom is 0.274 e. The van der Waals surface area contributed by atoms with Crippen LogP contribution in [0.1, 0.15) is 16.2 Å². The van der Waals surface area contributed by atoms with Gasteiger partial charge in [-0.15, -0.1) is 11.6 Å². The van der Waals surface area contributed by atoms with E-state index < -0.39 is 0 Å². The van der Waals surface area contributed by atoms with E-state index in [-0.39, 0.29) is 5.91 Å². The molecule has 1 aliphatic heterocycles. The minimum absolute atomic E-state index is 0.0140. The van der Waals surface area contributed by atoms with Crippen LogP contribution < -0.4 is 0 Å². The van der Waals surface area contributed by atoms with Gasteiger partial charge in [0.05, 0.1) is 0 Å². The highest BCUT2D eigenvalue weighted by Crippen LogP contribution is 2.19. The molecule has 1 aromatic heterocycles. The molecule has 15 heavy (non-hydrogen) atoms. The van der Waals surface area contributed by atoms with Crippen molar-refractivity contribution in [2.24, 2.45) is 13.0 Å². The molecule has 0 aromatic carbocycles. The van der Waals surface area contributed by atoms with Crippen LogP contribution in [0, 0.1) is 12.8 Å². The maximum atomic E-state index is 11.9. The summed E-state index contributed by atoms with van der Waals surface area (Å²) in [5.74, 6) is 1.10. The van der Waals surface area contributed by atoms with Gasteiger partial charge in [-0.25, -0.2) is 0 Å². The van der Waals surface area contributed by atoms with Crippen molar-refractivity contribution in [2.75, 3.05) is 19.0 Å². The molecule has 82 valence electrons. The first kappa shape index (κ1) is 10.5. The molecule has 1 aromatic rings. The Kier molecular flexibility index (Phi) is 2.69. The van der Waals surface area contributed by atoms with Crippen molar-refractivity contribution in [1.29, 1.82) is 0 Å². The highest BCUT2D eigenvalue weighted by Gasteiger charge is 2.31. The first-order chi connectivity index (χ1) is 7.11. The van der Waals surface area contributed by atoms with Gasteiger partial charge in [-0.05, 0) is 13.0 Å². The van der Waals surface area contributed by atoms with Crippen LogP contribution in [-0.4, -0.2) is 39.6 Å². The smallest absolute Gasteiger partial charge is 0.274 e. The van der Waals surface area contributed by atoms with E-state index in [1.165, 1.54) is 0 Å². The Balaban J connectivity index is 2.03. The van der Waals surface area contributed by atoms with E-state index in [0.717, 1.165) is 18.8 Å². The van der Waals surface area contributed by atoms with Crippen LogP contribution in [0.25, 0.3) is 0 Å². The van der Waals surface area contributed by atoms with Crippen LogP contribution in [0.15, 0.2) is 6.07 Å². The summed E-state index contributed by atoms with van der Waals surface area (Å²) >= 11 is 5.69. The quantitative estimate of drug-likeness (QED) is 0.709. The highest BCUT2D eigenvalue weighted by atomic mass is 35.5. The number of hydrogen-bond donors (Lipinski definition) is 0. The molecular formula is C10H14ClN3O. The summed E-state index contributed by atoms with van der Waals surface area (Å²) in [5, 5.41) is 4.16. The fraction of sp³-hybridized carbons (Fsp3) is 0.600. The van der Waals surface area contributed by atoms with E-state index in [0.29, 0.717) is 17.5 Å². The van der Waals surface area contributed by atoms with Gasteiger partial charge in [0.2, 0.25) is 0 Å². The number of halogens is 1. The Hall–Kier alpha value is -1.03. The predicted octanol–water partition coefficient (Wildman–Crippen LogP) is 1.04. The van der Waals surface area contributed by atoms with Gasteiger partial charge < -0.3 is 4.90 Å². The van der Waals surface area contributed by atoms with Crippen LogP contribution in [0.4, 0.5) is 0 Å². The van der Waals surface area contributed by atoms with Crippen molar-refractivity contribution in [2.45, 2.75) is 6.92 Å². The molecule has 4 nitrogen and oxygen atoms in total. The number of nitrogens with zero attached hydrogens (tertiary/aromatic N) is 3. The Morgan fingerprint density at radius 3 is 2.80 bits per heavy atom. The van der Waals surface area contributed by atoms with Crippen molar-refractivity contribution < 1.29 is 4.79 Å². The third-order valence-electron chi connectivity index (χ3n) is 2.80. The normalized spacial score (nSPS) is 16.6. The van der Waals surface area contributed by atoms with Gasteiger partial charge in [0.15, 0.2) is 5.69 Å². The van der Waals surface area contributed by atoms with Gasteiger partial charge in [-0.3, -0.25) is 9.48 Å². The molecule has 5 heteroatoms. The molecule has 0 unspecified atom stereocenters. The average Bonchev–Trinajstić information content (AvgIpc) is 2.45. The lowest BCUT2D eigenvalue weighted by molar-refractivity contribution is 0.0528. The molecule has 1 amide bonds. The van der Waals surface area contributed by atoms with Gasteiger partial charge in [0, 0.05) is 37.6 Å². The van der Waals surface area contributed by atoms with Gasteiger partial charge in [0.25, 0.3) is 5.91 Å². The highest BCUT2D eigenvalue weighted by molar-refractivity contribution is 6.18. The molecule has 1 fully saturated rings. The summed E-state index contributed by atoms with van der Waals surface area (Å²) in [6, 6.07) is 1.82. The van der Waals surface area contributed by atoms with Crippen molar-refractivity contribution >= 4 is 17.5 Å².